The van der Waals surface area contributed by atoms with Gasteiger partial charge >= 0.3 is 7.60 Å². The number of alkyl halides is 4. The van der Waals surface area contributed by atoms with Gasteiger partial charge in [0.05, 0.1) is 6.26 Å². The minimum Gasteiger partial charge on any atom is -0.431 e. The second-order valence-corrected chi connectivity index (χ2v) is 8.66. The number of halogens is 4. The lowest BCUT2D eigenvalue weighted by molar-refractivity contribution is 0.208. The first-order chi connectivity index (χ1) is 6.02. The summed E-state index contributed by atoms with van der Waals surface area (Å²) in [5, 5.41) is 0. The van der Waals surface area contributed by atoms with Crippen LogP contribution in [0.15, 0.2) is 12.8 Å². The summed E-state index contributed by atoms with van der Waals surface area (Å²) in [5.74, 6) is 0. The van der Waals surface area contributed by atoms with E-state index < -0.39 is 16.2 Å². The zero-order chi connectivity index (χ0) is 11.6. The quantitative estimate of drug-likeness (QED) is 0.421. The van der Waals surface area contributed by atoms with Crippen LogP contribution in [0.3, 0.4) is 0 Å². The van der Waals surface area contributed by atoms with Gasteiger partial charge < -0.3 is 4.52 Å². The average molecular weight is 302 g/mol. The maximum absolute atomic E-state index is 11.9. The van der Waals surface area contributed by atoms with Crippen molar-refractivity contribution in [3.05, 3.63) is 12.8 Å². The lowest BCUT2D eigenvalue weighted by atomic mass is 10.9. The van der Waals surface area contributed by atoms with Crippen molar-refractivity contribution in [2.45, 2.75) is 22.4 Å². The van der Waals surface area contributed by atoms with E-state index in [2.05, 4.69) is 11.1 Å². The predicted octanol–water partition coefficient (Wildman–Crippen LogP) is 4.66. The SMILES string of the molecule is C=COP(=O)(OC(C)(Cl)Cl)C(C)(Cl)Cl. The molecule has 8 heteroatoms. The van der Waals surface area contributed by atoms with Gasteiger partial charge in [-0.2, -0.15) is 0 Å². The van der Waals surface area contributed by atoms with Gasteiger partial charge in [-0.15, -0.1) is 0 Å². The zero-order valence-electron chi connectivity index (χ0n) is 7.47. The Balaban J connectivity index is 4.94. The van der Waals surface area contributed by atoms with Gasteiger partial charge in [0, 0.05) is 0 Å². The molecule has 0 aromatic heterocycles. The highest BCUT2D eigenvalue weighted by atomic mass is 35.5. The first kappa shape index (κ1) is 14.9. The Hall–Kier alpha value is 0.890. The van der Waals surface area contributed by atoms with Crippen LogP contribution in [-0.2, 0) is 13.6 Å². The molecule has 1 unspecified atom stereocenters. The van der Waals surface area contributed by atoms with Crippen molar-refractivity contribution in [1.29, 1.82) is 0 Å². The van der Waals surface area contributed by atoms with Crippen molar-refractivity contribution in [2.75, 3.05) is 0 Å². The van der Waals surface area contributed by atoms with Crippen molar-refractivity contribution >= 4 is 54.0 Å². The zero-order valence-corrected chi connectivity index (χ0v) is 11.4. The highest BCUT2D eigenvalue weighted by Gasteiger charge is 2.49. The monoisotopic (exact) mass is 300 g/mol. The molecular weight excluding hydrogens is 293 g/mol. The molecule has 1 atom stereocenters. The average Bonchev–Trinajstić information content (AvgIpc) is 1.79. The van der Waals surface area contributed by atoms with Gasteiger partial charge in [0.25, 0.3) is 0 Å². The van der Waals surface area contributed by atoms with Crippen molar-refractivity contribution in [2.24, 2.45) is 0 Å². The topological polar surface area (TPSA) is 35.5 Å². The van der Waals surface area contributed by atoms with E-state index in [1.54, 1.807) is 0 Å². The summed E-state index contributed by atoms with van der Waals surface area (Å²) in [6.07, 6.45) is 0.892. The van der Waals surface area contributed by atoms with Crippen LogP contribution in [0.4, 0.5) is 0 Å². The van der Waals surface area contributed by atoms with Gasteiger partial charge in [0.1, 0.15) is 0 Å². The number of rotatable bonds is 5. The van der Waals surface area contributed by atoms with Crippen molar-refractivity contribution in [3.63, 3.8) is 0 Å². The molecule has 3 nitrogen and oxygen atoms in total. The molecule has 0 N–H and O–H groups in total. The fourth-order valence-corrected chi connectivity index (χ4v) is 2.50. The van der Waals surface area contributed by atoms with Gasteiger partial charge in [-0.3, -0.25) is 4.52 Å². The third-order valence-electron chi connectivity index (χ3n) is 0.975. The summed E-state index contributed by atoms with van der Waals surface area (Å²) in [7, 11) is -3.88. The minimum absolute atomic E-state index is 0.892. The molecule has 0 aliphatic rings. The molecule has 0 saturated heterocycles. The van der Waals surface area contributed by atoms with Crippen molar-refractivity contribution in [1.82, 2.24) is 0 Å². The molecule has 14 heavy (non-hydrogen) atoms. The molecule has 0 amide bonds. The second kappa shape index (κ2) is 4.82. The fourth-order valence-electron chi connectivity index (χ4n) is 0.503. The molecule has 0 aliphatic carbocycles. The van der Waals surface area contributed by atoms with E-state index in [1.165, 1.54) is 13.8 Å². The molecular formula is C6H9Cl4O3P. The van der Waals surface area contributed by atoms with Gasteiger partial charge in [-0.1, -0.05) is 53.0 Å². The first-order valence-corrected chi connectivity index (χ1v) is 6.43. The highest BCUT2D eigenvalue weighted by molar-refractivity contribution is 7.60. The van der Waals surface area contributed by atoms with E-state index in [0.717, 1.165) is 6.26 Å². The molecule has 0 spiro atoms. The second-order valence-electron chi connectivity index (χ2n) is 2.51. The summed E-state index contributed by atoms with van der Waals surface area (Å²) < 4.78 is 17.8. The molecule has 0 aromatic rings. The Bertz CT molecular complexity index is 255. The van der Waals surface area contributed by atoms with Crippen molar-refractivity contribution < 1.29 is 13.6 Å². The Morgan fingerprint density at radius 3 is 1.93 bits per heavy atom. The summed E-state index contributed by atoms with van der Waals surface area (Å²) in [6.45, 7) is 5.71. The summed E-state index contributed by atoms with van der Waals surface area (Å²) >= 11 is 22.2. The molecule has 0 heterocycles. The molecule has 0 aromatic carbocycles. The first-order valence-electron chi connectivity index (χ1n) is 3.38. The normalized spacial score (nSPS) is 17.3. The van der Waals surface area contributed by atoms with Crippen LogP contribution in [0.1, 0.15) is 13.8 Å². The lowest BCUT2D eigenvalue weighted by Gasteiger charge is -2.28. The number of hydrogen-bond donors (Lipinski definition) is 0. The van der Waals surface area contributed by atoms with E-state index in [0.29, 0.717) is 0 Å². The standard InChI is InChI=1S/C6H9Cl4O3P/c1-4-12-14(11,6(3,9)10)13-5(2,7)8/h4H,1H2,2-3H3. The molecule has 0 saturated carbocycles. The summed E-state index contributed by atoms with van der Waals surface area (Å²) in [4.78, 5) is 0. The Kier molecular flexibility index (Phi) is 5.12. The van der Waals surface area contributed by atoms with E-state index in [9.17, 15) is 4.57 Å². The minimum atomic E-state index is -3.88. The van der Waals surface area contributed by atoms with Crippen LogP contribution in [0.25, 0.3) is 0 Å². The van der Waals surface area contributed by atoms with E-state index >= 15 is 0 Å². The van der Waals surface area contributed by atoms with Crippen LogP contribution < -0.4 is 0 Å². The van der Waals surface area contributed by atoms with E-state index in [4.69, 9.17) is 50.9 Å². The van der Waals surface area contributed by atoms with Gasteiger partial charge in [0.15, 0.2) is 0 Å². The van der Waals surface area contributed by atoms with Crippen LogP contribution in [0, 0.1) is 0 Å². The fraction of sp³-hybridized carbons (Fsp3) is 0.667. The molecule has 0 fully saturated rings. The van der Waals surface area contributed by atoms with Gasteiger partial charge in [-0.25, -0.2) is 4.57 Å². The van der Waals surface area contributed by atoms with Gasteiger partial charge in [0.2, 0.25) is 8.59 Å². The van der Waals surface area contributed by atoms with E-state index in [1.807, 2.05) is 0 Å². The molecule has 0 radical (unpaired) electrons. The smallest absolute Gasteiger partial charge is 0.416 e. The largest absolute Gasteiger partial charge is 0.431 e. The summed E-state index contributed by atoms with van der Waals surface area (Å²) in [6, 6.07) is 0. The maximum Gasteiger partial charge on any atom is 0.416 e. The van der Waals surface area contributed by atoms with Crippen molar-refractivity contribution in [3.8, 4) is 0 Å². The Morgan fingerprint density at radius 2 is 1.71 bits per heavy atom. The lowest BCUT2D eigenvalue weighted by Crippen LogP contribution is -2.19. The Morgan fingerprint density at radius 1 is 1.29 bits per heavy atom. The molecule has 84 valence electrons. The van der Waals surface area contributed by atoms with Crippen LogP contribution >= 0.6 is 54.0 Å². The van der Waals surface area contributed by atoms with Crippen LogP contribution in [0.5, 0.6) is 0 Å². The van der Waals surface area contributed by atoms with Gasteiger partial charge in [-0.05, 0) is 13.8 Å². The third-order valence-corrected chi connectivity index (χ3v) is 4.58. The summed E-state index contributed by atoms with van der Waals surface area (Å²) in [5.41, 5.74) is 0. The maximum atomic E-state index is 11.9. The predicted molar refractivity (Wildman–Crippen MR) is 60.2 cm³/mol. The van der Waals surface area contributed by atoms with Crippen LogP contribution in [-0.4, -0.2) is 8.59 Å². The van der Waals surface area contributed by atoms with E-state index in [-0.39, 0.29) is 0 Å². The molecule has 0 aliphatic heterocycles. The number of hydrogen-bond acceptors (Lipinski definition) is 3. The van der Waals surface area contributed by atoms with Crippen LogP contribution in [0.2, 0.25) is 0 Å². The highest BCUT2D eigenvalue weighted by Crippen LogP contribution is 2.66. The third kappa shape index (κ3) is 4.61. The Labute approximate surface area is 103 Å². The molecule has 0 bridgehead atoms. The molecule has 0 rings (SSSR count).